The maximum Gasteiger partial charge on any atom is 0.260 e. The zero-order valence-electron chi connectivity index (χ0n) is 17.5. The highest BCUT2D eigenvalue weighted by molar-refractivity contribution is 6.03. The number of amides is 2. The number of aromatic nitrogens is 1. The van der Waals surface area contributed by atoms with E-state index in [1.54, 1.807) is 30.5 Å². The Morgan fingerprint density at radius 2 is 1.97 bits per heavy atom. The van der Waals surface area contributed by atoms with E-state index in [0.717, 1.165) is 25.1 Å². The topological polar surface area (TPSA) is 75.4 Å². The number of likely N-dealkylation sites (tertiary alicyclic amines) is 1. The Labute approximate surface area is 186 Å². The fraction of sp³-hybridized carbons (Fsp3) is 0.192. The van der Waals surface area contributed by atoms with Crippen LogP contribution in [-0.4, -0.2) is 34.8 Å². The van der Waals surface area contributed by atoms with Crippen molar-refractivity contribution in [1.82, 2.24) is 9.88 Å². The van der Waals surface area contributed by atoms with Crippen LogP contribution in [0.25, 0.3) is 11.6 Å². The van der Waals surface area contributed by atoms with Crippen molar-refractivity contribution in [1.29, 1.82) is 0 Å². The van der Waals surface area contributed by atoms with Gasteiger partial charge >= 0.3 is 0 Å². The average Bonchev–Trinajstić information content (AvgIpc) is 3.56. The lowest BCUT2D eigenvalue weighted by Crippen LogP contribution is -2.27. The first-order valence-electron chi connectivity index (χ1n) is 10.7. The summed E-state index contributed by atoms with van der Waals surface area (Å²) in [6.07, 6.45) is 11.2. The van der Waals surface area contributed by atoms with E-state index in [0.29, 0.717) is 23.2 Å². The average molecular weight is 425 g/mol. The molecule has 1 fully saturated rings. The van der Waals surface area contributed by atoms with E-state index in [4.69, 9.17) is 4.42 Å². The molecule has 160 valence electrons. The maximum atomic E-state index is 12.7. The van der Waals surface area contributed by atoms with Crippen molar-refractivity contribution in [3.63, 3.8) is 0 Å². The van der Waals surface area contributed by atoms with E-state index in [-0.39, 0.29) is 11.8 Å². The number of rotatable bonds is 5. The molecule has 3 aromatic rings. The molecule has 5 rings (SSSR count). The van der Waals surface area contributed by atoms with Crippen molar-refractivity contribution >= 4 is 29.3 Å². The van der Waals surface area contributed by atoms with Crippen LogP contribution in [-0.2, 0) is 4.79 Å². The molecule has 2 aromatic heterocycles. The summed E-state index contributed by atoms with van der Waals surface area (Å²) in [5, 5.41) is 2.70. The number of benzene rings is 1. The van der Waals surface area contributed by atoms with E-state index in [1.165, 1.54) is 23.7 Å². The number of carbonyl (C=O) groups is 2. The third kappa shape index (κ3) is 4.25. The van der Waals surface area contributed by atoms with Gasteiger partial charge in [-0.05, 0) is 59.2 Å². The Balaban J connectivity index is 1.16. The second-order valence-electron chi connectivity index (χ2n) is 8.21. The van der Waals surface area contributed by atoms with Crippen LogP contribution in [0.2, 0.25) is 0 Å². The Morgan fingerprint density at radius 1 is 1.09 bits per heavy atom. The van der Waals surface area contributed by atoms with Gasteiger partial charge in [0.15, 0.2) is 0 Å². The minimum Gasteiger partial charge on any atom is -0.472 e. The molecule has 0 radical (unpaired) electrons. The lowest BCUT2D eigenvalue weighted by molar-refractivity contribution is -0.125. The zero-order chi connectivity index (χ0) is 21.9. The minimum atomic E-state index is -0.284. The highest BCUT2D eigenvalue weighted by atomic mass is 16.3. The molecule has 32 heavy (non-hydrogen) atoms. The van der Waals surface area contributed by atoms with Crippen molar-refractivity contribution in [2.45, 2.75) is 6.42 Å². The van der Waals surface area contributed by atoms with Crippen molar-refractivity contribution in [2.75, 3.05) is 18.4 Å². The predicted molar refractivity (Wildman–Crippen MR) is 123 cm³/mol. The van der Waals surface area contributed by atoms with Gasteiger partial charge in [-0.1, -0.05) is 36.4 Å². The van der Waals surface area contributed by atoms with Crippen molar-refractivity contribution < 1.29 is 14.0 Å². The van der Waals surface area contributed by atoms with Crippen LogP contribution in [0.4, 0.5) is 5.82 Å². The number of fused-ring (bicyclic) bond motifs is 1. The smallest absolute Gasteiger partial charge is 0.260 e. The van der Waals surface area contributed by atoms with Crippen LogP contribution >= 0.6 is 0 Å². The highest BCUT2D eigenvalue weighted by Gasteiger charge is 2.37. The normalized spacial score (nSPS) is 19.8. The number of furan rings is 1. The van der Waals surface area contributed by atoms with Gasteiger partial charge in [0.2, 0.25) is 5.91 Å². The van der Waals surface area contributed by atoms with Crippen molar-refractivity contribution in [3.05, 3.63) is 96.1 Å². The monoisotopic (exact) mass is 425 g/mol. The Hall–Kier alpha value is -3.93. The first-order valence-corrected chi connectivity index (χ1v) is 10.7. The second-order valence-corrected chi connectivity index (χ2v) is 8.21. The standard InChI is InChI=1S/C26H23N3O3/c30-25(29-15-22-12-21(13-23(22)16-29)19-4-2-1-3-5-19)9-7-18-6-8-24(27-14-18)28-26(31)20-10-11-32-17-20/h1-12,14,17,22-23H,13,15-16H2,(H,27,28,31). The van der Waals surface area contributed by atoms with Crippen LogP contribution in [0.1, 0.15) is 27.9 Å². The third-order valence-electron chi connectivity index (χ3n) is 6.07. The fourth-order valence-corrected chi connectivity index (χ4v) is 4.39. The molecule has 0 bridgehead atoms. The summed E-state index contributed by atoms with van der Waals surface area (Å²) in [5.41, 5.74) is 3.92. The number of hydrogen-bond donors (Lipinski definition) is 1. The molecule has 3 heterocycles. The maximum absolute atomic E-state index is 12.7. The molecule has 1 N–H and O–H groups in total. The molecule has 0 saturated carbocycles. The van der Waals surface area contributed by atoms with Crippen LogP contribution in [0.3, 0.4) is 0 Å². The number of pyridine rings is 1. The van der Waals surface area contributed by atoms with E-state index in [1.807, 2.05) is 17.0 Å². The first-order chi connectivity index (χ1) is 15.7. The molecular formula is C26H23N3O3. The third-order valence-corrected chi connectivity index (χ3v) is 6.07. The molecular weight excluding hydrogens is 402 g/mol. The summed E-state index contributed by atoms with van der Waals surface area (Å²) in [6.45, 7) is 1.55. The Kier molecular flexibility index (Phi) is 5.42. The van der Waals surface area contributed by atoms with Gasteiger partial charge in [0.25, 0.3) is 5.91 Å². The summed E-state index contributed by atoms with van der Waals surface area (Å²) in [4.78, 5) is 30.9. The van der Waals surface area contributed by atoms with E-state index in [2.05, 4.69) is 40.6 Å². The molecule has 1 aromatic carbocycles. The van der Waals surface area contributed by atoms with Gasteiger partial charge in [0, 0.05) is 25.4 Å². The van der Waals surface area contributed by atoms with Crippen LogP contribution < -0.4 is 5.32 Å². The van der Waals surface area contributed by atoms with Crippen LogP contribution in [0.5, 0.6) is 0 Å². The molecule has 6 heteroatoms. The van der Waals surface area contributed by atoms with E-state index < -0.39 is 0 Å². The molecule has 1 aliphatic carbocycles. The summed E-state index contributed by atoms with van der Waals surface area (Å²) >= 11 is 0. The summed E-state index contributed by atoms with van der Waals surface area (Å²) in [5.74, 6) is 1.11. The number of anilines is 1. The minimum absolute atomic E-state index is 0.0198. The summed E-state index contributed by atoms with van der Waals surface area (Å²) < 4.78 is 4.91. The molecule has 2 amide bonds. The summed E-state index contributed by atoms with van der Waals surface area (Å²) in [7, 11) is 0. The molecule has 2 atom stereocenters. The molecule has 1 saturated heterocycles. The molecule has 6 nitrogen and oxygen atoms in total. The number of nitrogens with zero attached hydrogens (tertiary/aromatic N) is 2. The lowest BCUT2D eigenvalue weighted by atomic mass is 9.98. The van der Waals surface area contributed by atoms with Gasteiger partial charge in [0.05, 0.1) is 11.8 Å². The molecule has 1 aliphatic heterocycles. The fourth-order valence-electron chi connectivity index (χ4n) is 4.39. The van der Waals surface area contributed by atoms with E-state index >= 15 is 0 Å². The van der Waals surface area contributed by atoms with Gasteiger partial charge in [0.1, 0.15) is 12.1 Å². The lowest BCUT2D eigenvalue weighted by Gasteiger charge is -2.15. The SMILES string of the molecule is O=C(Nc1ccc(C=CC(=O)N2CC3C=C(c4ccccc4)CC3C2)cn1)c1ccoc1. The van der Waals surface area contributed by atoms with Gasteiger partial charge in [-0.3, -0.25) is 9.59 Å². The zero-order valence-corrected chi connectivity index (χ0v) is 17.5. The van der Waals surface area contributed by atoms with Crippen molar-refractivity contribution in [3.8, 4) is 0 Å². The van der Waals surface area contributed by atoms with Crippen LogP contribution in [0.15, 0.2) is 83.8 Å². The quantitative estimate of drug-likeness (QED) is 0.611. The van der Waals surface area contributed by atoms with Gasteiger partial charge < -0.3 is 14.6 Å². The molecule has 2 unspecified atom stereocenters. The molecule has 0 spiro atoms. The first kappa shape index (κ1) is 20.0. The van der Waals surface area contributed by atoms with E-state index in [9.17, 15) is 9.59 Å². The van der Waals surface area contributed by atoms with Gasteiger partial charge in [-0.2, -0.15) is 0 Å². The van der Waals surface area contributed by atoms with Crippen LogP contribution in [0, 0.1) is 11.8 Å². The second kappa shape index (κ2) is 8.67. The van der Waals surface area contributed by atoms with Gasteiger partial charge in [-0.15, -0.1) is 0 Å². The Bertz CT molecular complexity index is 1160. The summed E-state index contributed by atoms with van der Waals surface area (Å²) in [6, 6.07) is 15.6. The number of allylic oxidation sites excluding steroid dienone is 1. The molecule has 2 aliphatic rings. The van der Waals surface area contributed by atoms with Gasteiger partial charge in [-0.25, -0.2) is 4.98 Å². The highest BCUT2D eigenvalue weighted by Crippen LogP contribution is 2.40. The van der Waals surface area contributed by atoms with Crippen molar-refractivity contribution in [2.24, 2.45) is 11.8 Å². The Morgan fingerprint density at radius 3 is 2.69 bits per heavy atom. The number of hydrogen-bond acceptors (Lipinski definition) is 4. The number of nitrogens with one attached hydrogen (secondary N) is 1. The number of carbonyl (C=O) groups excluding carboxylic acids is 2. The predicted octanol–water partition coefficient (Wildman–Crippen LogP) is 4.50. The largest absolute Gasteiger partial charge is 0.472 e.